The van der Waals surface area contributed by atoms with Gasteiger partial charge in [0.15, 0.2) is 5.96 Å². The number of fused-ring (bicyclic) bond motifs is 1. The molecule has 2 aromatic rings. The smallest absolute Gasteiger partial charge is 0.326 e. The second-order valence-corrected chi connectivity index (χ2v) is 7.26. The average molecular weight is 447 g/mol. The molecular formula is C20H29N7O5. The molecule has 2 amide bonds. The van der Waals surface area contributed by atoms with Crippen molar-refractivity contribution in [3.05, 3.63) is 36.0 Å². The molecule has 0 aliphatic rings. The van der Waals surface area contributed by atoms with Gasteiger partial charge in [-0.25, -0.2) is 4.79 Å². The van der Waals surface area contributed by atoms with E-state index in [4.69, 9.17) is 17.2 Å². The van der Waals surface area contributed by atoms with Gasteiger partial charge in [0.1, 0.15) is 12.1 Å². The van der Waals surface area contributed by atoms with Crippen LogP contribution in [0.5, 0.6) is 0 Å². The van der Waals surface area contributed by atoms with Crippen molar-refractivity contribution in [2.45, 2.75) is 37.4 Å². The number of aliphatic carboxylic acids is 1. The molecular weight excluding hydrogens is 418 g/mol. The minimum atomic E-state index is -1.35. The van der Waals surface area contributed by atoms with E-state index in [-0.39, 0.29) is 25.3 Å². The van der Waals surface area contributed by atoms with Crippen molar-refractivity contribution < 1.29 is 24.6 Å². The maximum atomic E-state index is 12.5. The third-order valence-electron chi connectivity index (χ3n) is 4.83. The highest BCUT2D eigenvalue weighted by Gasteiger charge is 2.27. The molecule has 32 heavy (non-hydrogen) atoms. The lowest BCUT2D eigenvalue weighted by molar-refractivity contribution is -0.142. The second kappa shape index (κ2) is 11.7. The van der Waals surface area contributed by atoms with Gasteiger partial charge in [-0.1, -0.05) is 18.2 Å². The predicted molar refractivity (Wildman–Crippen MR) is 118 cm³/mol. The zero-order valence-corrected chi connectivity index (χ0v) is 17.5. The topological polar surface area (TPSA) is 222 Å². The molecule has 1 aromatic carbocycles. The Kier molecular flexibility index (Phi) is 8.98. The van der Waals surface area contributed by atoms with Crippen LogP contribution in [0.15, 0.2) is 35.5 Å². The Bertz CT molecular complexity index is 970. The highest BCUT2D eigenvalue weighted by atomic mass is 16.4. The number of benzene rings is 1. The summed E-state index contributed by atoms with van der Waals surface area (Å²) in [6, 6.07) is 3.98. The molecule has 12 heteroatoms. The Morgan fingerprint density at radius 3 is 2.44 bits per heavy atom. The predicted octanol–water partition coefficient (Wildman–Crippen LogP) is -1.86. The number of aliphatic hydroxyl groups excluding tert-OH is 1. The number of amides is 2. The Hall–Kier alpha value is -3.64. The first-order chi connectivity index (χ1) is 15.2. The molecule has 1 aromatic heterocycles. The lowest BCUT2D eigenvalue weighted by Gasteiger charge is -2.21. The fourth-order valence-electron chi connectivity index (χ4n) is 3.14. The minimum Gasteiger partial charge on any atom is -0.480 e. The molecule has 0 saturated carbocycles. The van der Waals surface area contributed by atoms with Gasteiger partial charge < -0.3 is 43.0 Å². The summed E-state index contributed by atoms with van der Waals surface area (Å²) in [6.07, 6.45) is 2.33. The van der Waals surface area contributed by atoms with E-state index >= 15 is 0 Å². The van der Waals surface area contributed by atoms with Crippen molar-refractivity contribution >= 4 is 34.6 Å². The summed E-state index contributed by atoms with van der Waals surface area (Å²) >= 11 is 0. The van der Waals surface area contributed by atoms with Crippen molar-refractivity contribution in [1.82, 2.24) is 15.6 Å². The monoisotopic (exact) mass is 447 g/mol. The van der Waals surface area contributed by atoms with E-state index in [1.807, 2.05) is 24.3 Å². The highest BCUT2D eigenvalue weighted by molar-refractivity contribution is 5.92. The van der Waals surface area contributed by atoms with Crippen molar-refractivity contribution in [2.75, 3.05) is 13.2 Å². The fourth-order valence-corrected chi connectivity index (χ4v) is 3.14. The molecule has 0 saturated heterocycles. The lowest BCUT2D eigenvalue weighted by atomic mass is 10.0. The number of carboxylic acid groups (broad SMARTS) is 1. The van der Waals surface area contributed by atoms with Crippen LogP contribution in [0.2, 0.25) is 0 Å². The number of rotatable bonds is 12. The number of hydrogen-bond acceptors (Lipinski definition) is 6. The quantitative estimate of drug-likeness (QED) is 0.104. The molecule has 11 N–H and O–H groups in total. The van der Waals surface area contributed by atoms with Crippen LogP contribution in [-0.2, 0) is 20.8 Å². The molecule has 2 rings (SSSR count). The van der Waals surface area contributed by atoms with Crippen LogP contribution >= 0.6 is 0 Å². The van der Waals surface area contributed by atoms with Gasteiger partial charge in [0, 0.05) is 23.6 Å². The number of nitrogens with two attached hydrogens (primary N) is 3. The summed E-state index contributed by atoms with van der Waals surface area (Å²) in [5, 5.41) is 24.4. The molecule has 0 fully saturated rings. The van der Waals surface area contributed by atoms with Crippen molar-refractivity contribution in [2.24, 2.45) is 22.2 Å². The summed E-state index contributed by atoms with van der Waals surface area (Å²) in [7, 11) is 0. The van der Waals surface area contributed by atoms with E-state index in [1.54, 1.807) is 6.20 Å². The molecule has 0 spiro atoms. The van der Waals surface area contributed by atoms with Crippen LogP contribution in [-0.4, -0.2) is 70.2 Å². The molecule has 0 aliphatic carbocycles. The largest absolute Gasteiger partial charge is 0.480 e. The van der Waals surface area contributed by atoms with Crippen LogP contribution in [0.4, 0.5) is 0 Å². The van der Waals surface area contributed by atoms with Gasteiger partial charge in [-0.3, -0.25) is 14.6 Å². The number of aliphatic imine (C=N–C) groups is 1. The zero-order chi connectivity index (χ0) is 23.7. The Morgan fingerprint density at radius 2 is 1.78 bits per heavy atom. The molecule has 0 bridgehead atoms. The number of guanidine groups is 1. The van der Waals surface area contributed by atoms with Crippen LogP contribution in [0, 0.1) is 0 Å². The number of aromatic nitrogens is 1. The number of carbonyl (C=O) groups is 3. The van der Waals surface area contributed by atoms with E-state index < -0.39 is 42.5 Å². The molecule has 3 atom stereocenters. The summed E-state index contributed by atoms with van der Waals surface area (Å²) in [5.74, 6) is -2.87. The van der Waals surface area contributed by atoms with Gasteiger partial charge >= 0.3 is 5.97 Å². The van der Waals surface area contributed by atoms with E-state index in [2.05, 4.69) is 20.6 Å². The Morgan fingerprint density at radius 1 is 1.09 bits per heavy atom. The van der Waals surface area contributed by atoms with Gasteiger partial charge in [-0.15, -0.1) is 0 Å². The number of nitrogens with zero attached hydrogens (tertiary/aromatic N) is 1. The third kappa shape index (κ3) is 6.96. The third-order valence-corrected chi connectivity index (χ3v) is 4.83. The normalized spacial score (nSPS) is 13.7. The van der Waals surface area contributed by atoms with Crippen molar-refractivity contribution in [3.8, 4) is 0 Å². The highest BCUT2D eigenvalue weighted by Crippen LogP contribution is 2.18. The van der Waals surface area contributed by atoms with Crippen LogP contribution in [0.3, 0.4) is 0 Å². The molecule has 0 aliphatic heterocycles. The summed E-state index contributed by atoms with van der Waals surface area (Å²) in [5.41, 5.74) is 18.1. The number of para-hydroxylation sites is 1. The van der Waals surface area contributed by atoms with Crippen LogP contribution in [0.1, 0.15) is 18.4 Å². The summed E-state index contributed by atoms with van der Waals surface area (Å²) in [6.45, 7) is -0.525. The van der Waals surface area contributed by atoms with Crippen LogP contribution in [0.25, 0.3) is 10.9 Å². The zero-order valence-electron chi connectivity index (χ0n) is 17.5. The van der Waals surface area contributed by atoms with E-state index in [0.29, 0.717) is 6.42 Å². The fraction of sp³-hybridized carbons (Fsp3) is 0.400. The molecule has 0 radical (unpaired) electrons. The van der Waals surface area contributed by atoms with Crippen molar-refractivity contribution in [1.29, 1.82) is 0 Å². The summed E-state index contributed by atoms with van der Waals surface area (Å²) in [4.78, 5) is 43.2. The Balaban J connectivity index is 1.93. The average Bonchev–Trinajstić information content (AvgIpc) is 3.16. The van der Waals surface area contributed by atoms with Crippen LogP contribution < -0.4 is 27.8 Å². The van der Waals surface area contributed by atoms with Crippen molar-refractivity contribution in [3.63, 3.8) is 0 Å². The first-order valence-electron chi connectivity index (χ1n) is 10.0. The molecule has 3 unspecified atom stereocenters. The van der Waals surface area contributed by atoms with E-state index in [0.717, 1.165) is 16.5 Å². The number of carbonyl (C=O) groups excluding carboxylic acids is 2. The number of H-pyrrole nitrogens is 1. The lowest BCUT2D eigenvalue weighted by Crippen LogP contribution is -2.56. The Labute approximate surface area is 184 Å². The van der Waals surface area contributed by atoms with Gasteiger partial charge in [0.25, 0.3) is 0 Å². The minimum absolute atomic E-state index is 0.0595. The van der Waals surface area contributed by atoms with E-state index in [1.165, 1.54) is 0 Å². The maximum Gasteiger partial charge on any atom is 0.326 e. The first-order valence-corrected chi connectivity index (χ1v) is 10.0. The van der Waals surface area contributed by atoms with Gasteiger partial charge in [-0.2, -0.15) is 0 Å². The maximum absolute atomic E-state index is 12.5. The van der Waals surface area contributed by atoms with Gasteiger partial charge in [-0.05, 0) is 30.9 Å². The number of carboxylic acids is 1. The molecule has 174 valence electrons. The number of nitrogens with one attached hydrogen (secondary N) is 3. The molecule has 1 heterocycles. The van der Waals surface area contributed by atoms with Gasteiger partial charge in [0.05, 0.1) is 12.6 Å². The standard InChI is InChI=1S/C20H29N7O5/c21-13(8-11-9-25-14-5-2-1-4-12(11)14)17(29)27-16(10-28)18(30)26-15(19(31)32)6-3-7-24-20(22)23/h1-2,4-5,9,13,15-16,25,28H,3,6-8,10,21H2,(H,26,30)(H,27,29)(H,31,32)(H4,22,23,24). The SMILES string of the molecule is NC(N)=NCCCC(NC(=O)C(CO)NC(=O)C(N)Cc1c[nH]c2ccccc12)C(=O)O. The van der Waals surface area contributed by atoms with Gasteiger partial charge in [0.2, 0.25) is 11.8 Å². The summed E-state index contributed by atoms with van der Waals surface area (Å²) < 4.78 is 0. The second-order valence-electron chi connectivity index (χ2n) is 7.26. The number of aromatic amines is 1. The number of aliphatic hydroxyl groups is 1. The van der Waals surface area contributed by atoms with E-state index in [9.17, 15) is 24.6 Å². The first kappa shape index (κ1) is 24.6. The molecule has 12 nitrogen and oxygen atoms in total. The number of hydrogen-bond donors (Lipinski definition) is 8.